The summed E-state index contributed by atoms with van der Waals surface area (Å²) in [6.07, 6.45) is -6.67. The Kier molecular flexibility index (Phi) is 6.10. The highest BCUT2D eigenvalue weighted by atomic mass is 32.1. The van der Waals surface area contributed by atoms with Crippen molar-refractivity contribution < 1.29 is 39.4 Å². The highest BCUT2D eigenvalue weighted by Crippen LogP contribution is 2.31. The minimum absolute atomic E-state index is 0.368. The van der Waals surface area contributed by atoms with Crippen LogP contribution in [-0.2, 0) is 9.47 Å². The number of ether oxygens (including phenoxy) is 3. The molecule has 4 N–H and O–H groups in total. The highest BCUT2D eigenvalue weighted by Gasteiger charge is 2.44. The Labute approximate surface area is 159 Å². The summed E-state index contributed by atoms with van der Waals surface area (Å²) in [5.74, 6) is -0.0263. The van der Waals surface area contributed by atoms with Gasteiger partial charge in [0.1, 0.15) is 35.0 Å². The average Bonchev–Trinajstić information content (AvgIpc) is 3.18. The first-order chi connectivity index (χ1) is 12.9. The van der Waals surface area contributed by atoms with E-state index in [4.69, 9.17) is 14.2 Å². The van der Waals surface area contributed by atoms with Crippen LogP contribution in [0.1, 0.15) is 9.67 Å². The molecule has 5 atom stereocenters. The molecular weight excluding hydrogens is 376 g/mol. The maximum absolute atomic E-state index is 11.5. The van der Waals surface area contributed by atoms with Gasteiger partial charge in [0.05, 0.1) is 13.7 Å². The normalized spacial score (nSPS) is 28.0. The van der Waals surface area contributed by atoms with Crippen molar-refractivity contribution in [1.29, 1.82) is 0 Å². The highest BCUT2D eigenvalue weighted by molar-refractivity contribution is 7.17. The first-order valence-corrected chi connectivity index (χ1v) is 9.02. The van der Waals surface area contributed by atoms with Gasteiger partial charge in [0, 0.05) is 4.88 Å². The molecule has 0 unspecified atom stereocenters. The van der Waals surface area contributed by atoms with Crippen LogP contribution in [0.25, 0.3) is 10.4 Å². The van der Waals surface area contributed by atoms with Gasteiger partial charge >= 0.3 is 5.97 Å². The van der Waals surface area contributed by atoms with Crippen LogP contribution in [0, 0.1) is 0 Å². The third kappa shape index (κ3) is 4.13. The number of hydrogen-bond acceptors (Lipinski definition) is 9. The largest absolute Gasteiger partial charge is 0.465 e. The maximum Gasteiger partial charge on any atom is 0.348 e. The van der Waals surface area contributed by atoms with E-state index in [-0.39, 0.29) is 0 Å². The summed E-state index contributed by atoms with van der Waals surface area (Å²) in [5.41, 5.74) is 0.858. The van der Waals surface area contributed by atoms with Crippen molar-refractivity contribution in [1.82, 2.24) is 0 Å². The number of esters is 1. The number of thiophene rings is 1. The minimum Gasteiger partial charge on any atom is -0.465 e. The molecule has 1 saturated heterocycles. The molecule has 0 radical (unpaired) electrons. The zero-order valence-corrected chi connectivity index (χ0v) is 15.2. The Balaban J connectivity index is 1.70. The Bertz CT molecular complexity index is 772. The Morgan fingerprint density at radius 3 is 2.41 bits per heavy atom. The lowest BCUT2D eigenvalue weighted by atomic mass is 9.99. The zero-order valence-electron chi connectivity index (χ0n) is 14.4. The van der Waals surface area contributed by atoms with E-state index in [0.717, 1.165) is 10.4 Å². The summed E-state index contributed by atoms with van der Waals surface area (Å²) in [4.78, 5) is 12.9. The van der Waals surface area contributed by atoms with Crippen LogP contribution < -0.4 is 4.74 Å². The summed E-state index contributed by atoms with van der Waals surface area (Å²) in [5, 5.41) is 38.8. The Morgan fingerprint density at radius 2 is 1.78 bits per heavy atom. The van der Waals surface area contributed by atoms with E-state index in [1.165, 1.54) is 18.4 Å². The minimum atomic E-state index is -1.50. The predicted octanol–water partition coefficient (Wildman–Crippen LogP) is 0.380. The smallest absolute Gasteiger partial charge is 0.348 e. The molecule has 146 valence electrons. The number of methoxy groups -OCH3 is 1. The van der Waals surface area contributed by atoms with Crippen LogP contribution >= 0.6 is 11.3 Å². The number of aliphatic hydroxyl groups is 4. The molecule has 1 aliphatic heterocycles. The van der Waals surface area contributed by atoms with Crippen molar-refractivity contribution in [3.05, 3.63) is 41.3 Å². The summed E-state index contributed by atoms with van der Waals surface area (Å²) in [6, 6.07) is 10.3. The standard InChI is InChI=1S/C18H20O8S/c1-24-17(23)13-7-6-12(27-13)9-2-4-10(5-3-9)25-18-16(22)15(21)14(20)11(8-19)26-18/h2-7,11,14-16,18-22H,8H2,1H3/t11-,14-,15-,16-,18+/m1/s1. The lowest BCUT2D eigenvalue weighted by Crippen LogP contribution is -2.60. The van der Waals surface area contributed by atoms with E-state index in [1.807, 2.05) is 6.07 Å². The first-order valence-electron chi connectivity index (χ1n) is 8.20. The second kappa shape index (κ2) is 8.34. The lowest BCUT2D eigenvalue weighted by Gasteiger charge is -2.39. The van der Waals surface area contributed by atoms with Crippen molar-refractivity contribution in [2.75, 3.05) is 13.7 Å². The average molecular weight is 396 g/mol. The van der Waals surface area contributed by atoms with Gasteiger partial charge in [0.25, 0.3) is 0 Å². The molecule has 1 aromatic heterocycles. The van der Waals surface area contributed by atoms with Gasteiger partial charge in [-0.3, -0.25) is 0 Å². The molecule has 1 aromatic carbocycles. The van der Waals surface area contributed by atoms with Crippen LogP contribution in [0.15, 0.2) is 36.4 Å². The molecular formula is C18H20O8S. The van der Waals surface area contributed by atoms with Gasteiger partial charge in [-0.15, -0.1) is 11.3 Å². The SMILES string of the molecule is COC(=O)c1ccc(-c2ccc(O[C@H]3O[C@H](CO)[C@@H](O)[C@@H](O)[C@H]3O)cc2)s1. The van der Waals surface area contributed by atoms with Gasteiger partial charge in [0.15, 0.2) is 0 Å². The van der Waals surface area contributed by atoms with Crippen LogP contribution in [-0.4, -0.2) is 70.8 Å². The topological polar surface area (TPSA) is 126 Å². The van der Waals surface area contributed by atoms with Crippen LogP contribution in [0.4, 0.5) is 0 Å². The second-order valence-electron chi connectivity index (χ2n) is 5.99. The van der Waals surface area contributed by atoms with Crippen LogP contribution in [0.5, 0.6) is 5.75 Å². The molecule has 1 fully saturated rings. The molecule has 2 aromatic rings. The summed E-state index contributed by atoms with van der Waals surface area (Å²) < 4.78 is 15.5. The predicted molar refractivity (Wildman–Crippen MR) is 95.5 cm³/mol. The van der Waals surface area contributed by atoms with E-state index in [0.29, 0.717) is 10.6 Å². The van der Waals surface area contributed by atoms with Gasteiger partial charge in [0.2, 0.25) is 6.29 Å². The number of carbonyl (C=O) groups is 1. The molecule has 8 nitrogen and oxygen atoms in total. The number of carbonyl (C=O) groups excluding carboxylic acids is 1. The third-order valence-corrected chi connectivity index (χ3v) is 5.35. The molecule has 0 bridgehead atoms. The van der Waals surface area contributed by atoms with Crippen molar-refractivity contribution in [3.8, 4) is 16.2 Å². The summed E-state index contributed by atoms with van der Waals surface area (Å²) >= 11 is 1.30. The molecule has 0 aliphatic carbocycles. The monoisotopic (exact) mass is 396 g/mol. The Hall–Kier alpha value is -2.01. The number of benzene rings is 1. The number of hydrogen-bond donors (Lipinski definition) is 4. The molecule has 0 spiro atoms. The quantitative estimate of drug-likeness (QED) is 0.535. The van der Waals surface area contributed by atoms with Gasteiger partial charge in [-0.2, -0.15) is 0 Å². The zero-order chi connectivity index (χ0) is 19.6. The van der Waals surface area contributed by atoms with Crippen LogP contribution in [0.3, 0.4) is 0 Å². The van der Waals surface area contributed by atoms with Gasteiger partial charge in [-0.05, 0) is 42.0 Å². The first kappa shape index (κ1) is 19.7. The fourth-order valence-corrected chi connectivity index (χ4v) is 3.63. The molecule has 0 amide bonds. The Morgan fingerprint density at radius 1 is 1.07 bits per heavy atom. The second-order valence-corrected chi connectivity index (χ2v) is 7.08. The molecule has 1 aliphatic rings. The van der Waals surface area contributed by atoms with Gasteiger partial charge < -0.3 is 34.6 Å². The van der Waals surface area contributed by atoms with E-state index >= 15 is 0 Å². The van der Waals surface area contributed by atoms with E-state index in [2.05, 4.69) is 0 Å². The van der Waals surface area contributed by atoms with Crippen LogP contribution in [0.2, 0.25) is 0 Å². The molecule has 3 rings (SSSR count). The molecule has 27 heavy (non-hydrogen) atoms. The van der Waals surface area contributed by atoms with Gasteiger partial charge in [-0.25, -0.2) is 4.79 Å². The molecule has 2 heterocycles. The van der Waals surface area contributed by atoms with Crippen molar-refractivity contribution in [2.45, 2.75) is 30.7 Å². The summed E-state index contributed by atoms with van der Waals surface area (Å²) in [7, 11) is 1.33. The third-order valence-electron chi connectivity index (χ3n) is 4.23. The number of rotatable bonds is 5. The molecule has 0 saturated carbocycles. The van der Waals surface area contributed by atoms with E-state index in [1.54, 1.807) is 30.3 Å². The van der Waals surface area contributed by atoms with Crippen molar-refractivity contribution in [2.24, 2.45) is 0 Å². The van der Waals surface area contributed by atoms with E-state index < -0.39 is 43.3 Å². The number of aliphatic hydroxyl groups excluding tert-OH is 4. The van der Waals surface area contributed by atoms with Crippen molar-refractivity contribution in [3.63, 3.8) is 0 Å². The fraction of sp³-hybridized carbons (Fsp3) is 0.389. The fourth-order valence-electron chi connectivity index (χ4n) is 2.70. The summed E-state index contributed by atoms with van der Waals surface area (Å²) in [6.45, 7) is -0.523. The maximum atomic E-state index is 11.5. The molecule has 9 heteroatoms. The van der Waals surface area contributed by atoms with Gasteiger partial charge in [-0.1, -0.05) is 0 Å². The van der Waals surface area contributed by atoms with E-state index in [9.17, 15) is 25.2 Å². The van der Waals surface area contributed by atoms with Crippen molar-refractivity contribution >= 4 is 17.3 Å². The lowest BCUT2D eigenvalue weighted by molar-refractivity contribution is -0.277.